The van der Waals surface area contributed by atoms with Crippen LogP contribution in [0.1, 0.15) is 63.6 Å². The van der Waals surface area contributed by atoms with Gasteiger partial charge < -0.3 is 10.2 Å². The molecule has 1 atom stereocenters. The van der Waals surface area contributed by atoms with Crippen LogP contribution in [0.25, 0.3) is 0 Å². The topological polar surface area (TPSA) is 15.3 Å². The summed E-state index contributed by atoms with van der Waals surface area (Å²) in [5.74, 6) is 0. The summed E-state index contributed by atoms with van der Waals surface area (Å²) in [6, 6.07) is 7.56. The predicted molar refractivity (Wildman–Crippen MR) is 88.6 cm³/mol. The lowest BCUT2D eigenvalue weighted by molar-refractivity contribution is 0.569. The normalized spacial score (nSPS) is 16.1. The fourth-order valence-corrected chi connectivity index (χ4v) is 3.02. The smallest absolute Gasteiger partial charge is 0.0398 e. The fraction of sp³-hybridized carbons (Fsp3) is 0.667. The van der Waals surface area contributed by atoms with Crippen LogP contribution in [0.15, 0.2) is 18.2 Å². The van der Waals surface area contributed by atoms with E-state index >= 15 is 0 Å². The second kappa shape index (κ2) is 7.68. The van der Waals surface area contributed by atoms with Gasteiger partial charge in [0.25, 0.3) is 0 Å². The van der Waals surface area contributed by atoms with Crippen LogP contribution >= 0.6 is 0 Å². The van der Waals surface area contributed by atoms with Crippen LogP contribution in [0, 0.1) is 0 Å². The molecule has 1 aliphatic heterocycles. The molecule has 0 bridgehead atoms. The molecule has 112 valence electrons. The second-order valence-corrected chi connectivity index (χ2v) is 6.01. The van der Waals surface area contributed by atoms with Crippen molar-refractivity contribution in [3.8, 4) is 0 Å². The Bertz CT molecular complexity index is 414. The van der Waals surface area contributed by atoms with E-state index in [0.29, 0.717) is 6.04 Å². The van der Waals surface area contributed by atoms with Gasteiger partial charge in [0.05, 0.1) is 0 Å². The summed E-state index contributed by atoms with van der Waals surface area (Å²) >= 11 is 0. The minimum Gasteiger partial charge on any atom is -0.371 e. The lowest BCUT2D eigenvalue weighted by atomic mass is 9.96. The number of rotatable bonds is 7. The Balaban J connectivity index is 2.10. The van der Waals surface area contributed by atoms with E-state index in [1.807, 2.05) is 0 Å². The van der Waals surface area contributed by atoms with Gasteiger partial charge in [0.2, 0.25) is 0 Å². The van der Waals surface area contributed by atoms with Gasteiger partial charge in [-0.1, -0.05) is 32.4 Å². The zero-order valence-electron chi connectivity index (χ0n) is 13.4. The maximum absolute atomic E-state index is 3.59. The minimum atomic E-state index is 0.464. The predicted octanol–water partition coefficient (Wildman–Crippen LogP) is 4.30. The number of benzene rings is 1. The molecule has 2 rings (SSSR count). The lowest BCUT2D eigenvalue weighted by Gasteiger charge is -2.32. The zero-order valence-corrected chi connectivity index (χ0v) is 13.4. The Labute approximate surface area is 124 Å². The second-order valence-electron chi connectivity index (χ2n) is 6.01. The summed E-state index contributed by atoms with van der Waals surface area (Å²) in [6.45, 7) is 10.3. The first-order valence-electron chi connectivity index (χ1n) is 8.37. The molecule has 2 nitrogen and oxygen atoms in total. The number of unbranched alkanes of at least 4 members (excludes halogenated alkanes) is 1. The number of fused-ring (bicyclic) bond motifs is 1. The highest BCUT2D eigenvalue weighted by molar-refractivity contribution is 5.57. The highest BCUT2D eigenvalue weighted by atomic mass is 15.1. The van der Waals surface area contributed by atoms with E-state index in [4.69, 9.17) is 0 Å². The lowest BCUT2D eigenvalue weighted by Crippen LogP contribution is -2.30. The van der Waals surface area contributed by atoms with Crippen molar-refractivity contribution in [2.45, 2.75) is 58.9 Å². The van der Waals surface area contributed by atoms with Gasteiger partial charge in [-0.3, -0.25) is 0 Å². The monoisotopic (exact) mass is 274 g/mol. The van der Waals surface area contributed by atoms with E-state index < -0.39 is 0 Å². The molecule has 0 spiro atoms. The van der Waals surface area contributed by atoms with Gasteiger partial charge >= 0.3 is 0 Å². The van der Waals surface area contributed by atoms with Crippen LogP contribution < -0.4 is 10.2 Å². The summed E-state index contributed by atoms with van der Waals surface area (Å²) in [4.78, 5) is 2.58. The van der Waals surface area contributed by atoms with E-state index in [9.17, 15) is 0 Å². The molecule has 0 saturated carbocycles. The summed E-state index contributed by atoms with van der Waals surface area (Å²) in [5.41, 5.74) is 4.47. The van der Waals surface area contributed by atoms with E-state index in [1.165, 1.54) is 56.4 Å². The summed E-state index contributed by atoms with van der Waals surface area (Å²) in [5, 5.41) is 3.59. The molecule has 0 aromatic heterocycles. The molecule has 0 aliphatic carbocycles. The summed E-state index contributed by atoms with van der Waals surface area (Å²) in [6.07, 6.45) is 6.32. The van der Waals surface area contributed by atoms with E-state index in [-0.39, 0.29) is 0 Å². The van der Waals surface area contributed by atoms with Crippen molar-refractivity contribution >= 4 is 5.69 Å². The maximum atomic E-state index is 3.59. The molecule has 1 aliphatic rings. The van der Waals surface area contributed by atoms with Crippen LogP contribution in [0.3, 0.4) is 0 Å². The Hall–Kier alpha value is -1.02. The quantitative estimate of drug-likeness (QED) is 0.797. The Morgan fingerprint density at radius 2 is 2.10 bits per heavy atom. The van der Waals surface area contributed by atoms with Crippen LogP contribution in [0.2, 0.25) is 0 Å². The Morgan fingerprint density at radius 3 is 2.85 bits per heavy atom. The van der Waals surface area contributed by atoms with Gasteiger partial charge in [0.15, 0.2) is 0 Å². The summed E-state index contributed by atoms with van der Waals surface area (Å²) in [7, 11) is 0. The van der Waals surface area contributed by atoms with Crippen molar-refractivity contribution in [3.63, 3.8) is 0 Å². The van der Waals surface area contributed by atoms with Gasteiger partial charge in [0, 0.05) is 24.8 Å². The molecule has 0 amide bonds. The molecule has 0 fully saturated rings. The Kier molecular flexibility index (Phi) is 5.90. The molecule has 1 heterocycles. The number of hydrogen-bond donors (Lipinski definition) is 1. The Morgan fingerprint density at radius 1 is 1.25 bits per heavy atom. The number of nitrogens with zero attached hydrogens (tertiary/aromatic N) is 1. The van der Waals surface area contributed by atoms with E-state index in [1.54, 1.807) is 5.56 Å². The summed E-state index contributed by atoms with van der Waals surface area (Å²) < 4.78 is 0. The van der Waals surface area contributed by atoms with Crippen LogP contribution in [-0.4, -0.2) is 19.6 Å². The largest absolute Gasteiger partial charge is 0.371 e. The molecule has 0 saturated heterocycles. The molecular formula is C18H30N2. The first kappa shape index (κ1) is 15.4. The number of anilines is 1. The number of nitrogens with one attached hydrogen (secondary N) is 1. The molecule has 0 radical (unpaired) electrons. The molecule has 1 N–H and O–H groups in total. The minimum absolute atomic E-state index is 0.464. The molecule has 2 heteroatoms. The maximum Gasteiger partial charge on any atom is 0.0398 e. The molecular weight excluding hydrogens is 244 g/mol. The third-order valence-electron chi connectivity index (χ3n) is 4.30. The average Bonchev–Trinajstić information content (AvgIpc) is 2.49. The van der Waals surface area contributed by atoms with Crippen molar-refractivity contribution < 1.29 is 0 Å². The van der Waals surface area contributed by atoms with Crippen molar-refractivity contribution in [3.05, 3.63) is 29.3 Å². The highest BCUT2D eigenvalue weighted by Crippen LogP contribution is 2.30. The van der Waals surface area contributed by atoms with Gasteiger partial charge in [-0.2, -0.15) is 0 Å². The van der Waals surface area contributed by atoms with Crippen molar-refractivity contribution in [2.75, 3.05) is 24.5 Å². The van der Waals surface area contributed by atoms with Crippen molar-refractivity contribution in [1.29, 1.82) is 0 Å². The standard InChI is InChI=1S/C18H30N2/c1-4-6-12-20-13-7-8-17-14-16(9-10-18(17)20)15(3)19-11-5-2/h9-10,14-15,19H,4-8,11-13H2,1-3H3. The van der Waals surface area contributed by atoms with Gasteiger partial charge in [-0.25, -0.2) is 0 Å². The van der Waals surface area contributed by atoms with E-state index in [2.05, 4.69) is 49.2 Å². The number of hydrogen-bond acceptors (Lipinski definition) is 2. The van der Waals surface area contributed by atoms with Crippen molar-refractivity contribution in [1.82, 2.24) is 5.32 Å². The third kappa shape index (κ3) is 3.76. The average molecular weight is 274 g/mol. The fourth-order valence-electron chi connectivity index (χ4n) is 3.02. The third-order valence-corrected chi connectivity index (χ3v) is 4.30. The van der Waals surface area contributed by atoms with Crippen LogP contribution in [0.4, 0.5) is 5.69 Å². The highest BCUT2D eigenvalue weighted by Gasteiger charge is 2.17. The first-order chi connectivity index (χ1) is 9.76. The van der Waals surface area contributed by atoms with Crippen molar-refractivity contribution in [2.24, 2.45) is 0 Å². The van der Waals surface area contributed by atoms with Gasteiger partial charge in [0.1, 0.15) is 0 Å². The van der Waals surface area contributed by atoms with Gasteiger partial charge in [-0.15, -0.1) is 0 Å². The molecule has 1 unspecified atom stereocenters. The van der Waals surface area contributed by atoms with Crippen LogP contribution in [0.5, 0.6) is 0 Å². The van der Waals surface area contributed by atoms with Gasteiger partial charge in [-0.05, 0) is 56.3 Å². The molecule has 1 aromatic carbocycles. The molecule has 1 aromatic rings. The SMILES string of the molecule is CCCCN1CCCc2cc(C(C)NCCC)ccc21. The first-order valence-corrected chi connectivity index (χ1v) is 8.37. The zero-order chi connectivity index (χ0) is 14.4. The number of aryl methyl sites for hydroxylation is 1. The molecule has 20 heavy (non-hydrogen) atoms. The van der Waals surface area contributed by atoms with Crippen LogP contribution in [-0.2, 0) is 6.42 Å². The van der Waals surface area contributed by atoms with E-state index in [0.717, 1.165) is 6.54 Å².